The van der Waals surface area contributed by atoms with Crippen LogP contribution in [-0.2, 0) is 9.53 Å². The number of hydrogen-bond acceptors (Lipinski definition) is 5. The second kappa shape index (κ2) is 7.46. The van der Waals surface area contributed by atoms with Crippen molar-refractivity contribution in [1.29, 1.82) is 0 Å². The number of carbonyl (C=O) groups excluding carboxylic acids is 2. The van der Waals surface area contributed by atoms with Gasteiger partial charge in [-0.15, -0.1) is 0 Å². The molecule has 3 atom stereocenters. The zero-order valence-electron chi connectivity index (χ0n) is 14.8. The second-order valence-electron chi connectivity index (χ2n) is 7.13. The highest BCUT2D eigenvalue weighted by atomic mass is 19.1. The molecule has 2 aliphatic heterocycles. The smallest absolute Gasteiger partial charge is 0.410 e. The summed E-state index contributed by atoms with van der Waals surface area (Å²) in [5, 5.41) is 2.76. The lowest BCUT2D eigenvalue weighted by atomic mass is 9.89. The molecular weight excluding hydrogens is 351 g/mol. The van der Waals surface area contributed by atoms with Crippen LogP contribution in [0.4, 0.5) is 15.0 Å². The maximum Gasteiger partial charge on any atom is 0.410 e. The number of cyclic esters (lactones) is 1. The Morgan fingerprint density at radius 1 is 1.37 bits per heavy atom. The van der Waals surface area contributed by atoms with Crippen molar-refractivity contribution >= 4 is 23.4 Å². The Balaban J connectivity index is 1.31. The highest BCUT2D eigenvalue weighted by Gasteiger charge is 2.38. The molecule has 2 fully saturated rings. The molecule has 27 heavy (non-hydrogen) atoms. The summed E-state index contributed by atoms with van der Waals surface area (Å²) in [6.45, 7) is 1.04. The van der Waals surface area contributed by atoms with Crippen molar-refractivity contribution in [3.63, 3.8) is 0 Å². The lowest BCUT2D eigenvalue weighted by molar-refractivity contribution is -0.117. The first-order valence-electron chi connectivity index (χ1n) is 9.16. The molecule has 3 aliphatic rings. The molecule has 1 aliphatic carbocycles. The first kappa shape index (κ1) is 17.6. The molecule has 1 N–H and O–H groups in total. The van der Waals surface area contributed by atoms with Gasteiger partial charge in [-0.1, -0.05) is 12.2 Å². The number of hydrogen-bond donors (Lipinski definition) is 1. The molecule has 0 saturated carbocycles. The fourth-order valence-corrected chi connectivity index (χ4v) is 3.78. The lowest BCUT2D eigenvalue weighted by Gasteiger charge is -2.31. The van der Waals surface area contributed by atoms with Crippen LogP contribution in [0.3, 0.4) is 0 Å². The summed E-state index contributed by atoms with van der Waals surface area (Å²) in [5.74, 6) is 0.464. The van der Waals surface area contributed by atoms with Crippen LogP contribution in [0.25, 0.3) is 5.57 Å². The Labute approximate surface area is 156 Å². The summed E-state index contributed by atoms with van der Waals surface area (Å²) in [5.41, 5.74) is 1.27. The predicted molar refractivity (Wildman–Crippen MR) is 96.5 cm³/mol. The van der Waals surface area contributed by atoms with E-state index in [-0.39, 0.29) is 24.0 Å². The molecule has 2 amide bonds. The number of nitrogens with one attached hydrogen (secondary N) is 1. The van der Waals surface area contributed by atoms with E-state index in [0.29, 0.717) is 43.1 Å². The third-order valence-electron chi connectivity index (χ3n) is 5.17. The molecule has 8 heteroatoms. The van der Waals surface area contributed by atoms with Crippen molar-refractivity contribution < 1.29 is 18.7 Å². The Bertz CT molecular complexity index is 793. The largest absolute Gasteiger partial charge is 0.447 e. The van der Waals surface area contributed by atoms with Gasteiger partial charge in [0.15, 0.2) is 5.82 Å². The number of fused-ring (bicyclic) bond motifs is 1. The van der Waals surface area contributed by atoms with Crippen molar-refractivity contribution in [3.8, 4) is 0 Å². The topological polar surface area (TPSA) is 84.4 Å². The minimum atomic E-state index is -1.00. The molecule has 3 unspecified atom stereocenters. The van der Waals surface area contributed by atoms with Gasteiger partial charge >= 0.3 is 6.09 Å². The lowest BCUT2D eigenvalue weighted by Crippen LogP contribution is -2.41. The van der Waals surface area contributed by atoms with Gasteiger partial charge in [-0.25, -0.2) is 14.2 Å². The van der Waals surface area contributed by atoms with E-state index in [2.05, 4.69) is 15.3 Å². The van der Waals surface area contributed by atoms with Gasteiger partial charge in [0, 0.05) is 25.0 Å². The molecule has 142 valence electrons. The molecule has 4 rings (SSSR count). The van der Waals surface area contributed by atoms with E-state index in [1.165, 1.54) is 18.5 Å². The van der Waals surface area contributed by atoms with Gasteiger partial charge in [0.25, 0.3) is 0 Å². The number of piperidine rings is 1. The second-order valence-corrected chi connectivity index (χ2v) is 7.13. The van der Waals surface area contributed by atoms with E-state index in [4.69, 9.17) is 4.74 Å². The fraction of sp³-hybridized carbons (Fsp3) is 0.474. The molecule has 0 spiro atoms. The van der Waals surface area contributed by atoms with Gasteiger partial charge < -0.3 is 15.0 Å². The number of ether oxygens (including phenoxy) is 1. The van der Waals surface area contributed by atoms with Crippen LogP contribution in [0.5, 0.6) is 0 Å². The quantitative estimate of drug-likeness (QED) is 0.878. The summed E-state index contributed by atoms with van der Waals surface area (Å²) in [7, 11) is 0. The molecule has 1 aromatic heterocycles. The monoisotopic (exact) mass is 372 g/mol. The van der Waals surface area contributed by atoms with Crippen LogP contribution in [0.1, 0.15) is 31.4 Å². The van der Waals surface area contributed by atoms with Crippen molar-refractivity contribution in [2.75, 3.05) is 18.5 Å². The summed E-state index contributed by atoms with van der Waals surface area (Å²) in [6.07, 6.45) is 9.19. The zero-order valence-corrected chi connectivity index (χ0v) is 14.8. The van der Waals surface area contributed by atoms with E-state index < -0.39 is 6.17 Å². The normalized spacial score (nSPS) is 27.0. The molecule has 2 saturated heterocycles. The number of rotatable bonds is 4. The van der Waals surface area contributed by atoms with Crippen molar-refractivity contribution in [1.82, 2.24) is 14.9 Å². The predicted octanol–water partition coefficient (Wildman–Crippen LogP) is 2.72. The minimum Gasteiger partial charge on any atom is -0.447 e. The molecule has 0 bridgehead atoms. The molecule has 7 nitrogen and oxygen atoms in total. The van der Waals surface area contributed by atoms with E-state index in [1.807, 2.05) is 6.08 Å². The average Bonchev–Trinajstić information content (AvgIpc) is 3.02. The zero-order chi connectivity index (χ0) is 18.8. The summed E-state index contributed by atoms with van der Waals surface area (Å²) < 4.78 is 18.5. The van der Waals surface area contributed by atoms with E-state index >= 15 is 0 Å². The standard InChI is InChI=1S/C19H21FN4O3/c20-14-3-1-2-13(8-14)16-9-22-17(10-21-16)23-18(25)7-12-4-5-24-15(6-12)11-27-19(24)26/h1-2,8-10,12,14-15H,3-7,11H2,(H,22,23,25). The third kappa shape index (κ3) is 3.99. The number of carbonyl (C=O) groups is 2. The molecule has 0 radical (unpaired) electrons. The maximum absolute atomic E-state index is 13.4. The number of allylic oxidation sites excluding steroid dienone is 4. The minimum absolute atomic E-state index is 0.0827. The number of halogens is 1. The third-order valence-corrected chi connectivity index (χ3v) is 5.17. The summed E-state index contributed by atoms with van der Waals surface area (Å²) in [4.78, 5) is 34.0. The molecular formula is C19H21FN4O3. The van der Waals surface area contributed by atoms with E-state index in [9.17, 15) is 14.0 Å². The number of nitrogens with zero attached hydrogens (tertiary/aromatic N) is 3. The number of alkyl halides is 1. The number of aromatic nitrogens is 2. The van der Waals surface area contributed by atoms with Crippen LogP contribution in [0.2, 0.25) is 0 Å². The first-order valence-corrected chi connectivity index (χ1v) is 9.16. The van der Waals surface area contributed by atoms with E-state index in [0.717, 1.165) is 12.8 Å². The first-order chi connectivity index (χ1) is 13.1. The summed E-state index contributed by atoms with van der Waals surface area (Å²) >= 11 is 0. The van der Waals surface area contributed by atoms with Crippen LogP contribution in [0, 0.1) is 5.92 Å². The molecule has 0 aromatic carbocycles. The Morgan fingerprint density at radius 3 is 3.04 bits per heavy atom. The van der Waals surface area contributed by atoms with Crippen molar-refractivity contribution in [2.24, 2.45) is 5.92 Å². The Hall–Kier alpha value is -2.77. The van der Waals surface area contributed by atoms with Crippen molar-refractivity contribution in [3.05, 3.63) is 36.3 Å². The van der Waals surface area contributed by atoms with Crippen LogP contribution in [0.15, 0.2) is 30.6 Å². The maximum atomic E-state index is 13.4. The number of anilines is 1. The molecule has 3 heterocycles. The van der Waals surface area contributed by atoms with Gasteiger partial charge in [0.2, 0.25) is 5.91 Å². The van der Waals surface area contributed by atoms with E-state index in [1.54, 1.807) is 11.0 Å². The Morgan fingerprint density at radius 2 is 2.26 bits per heavy atom. The Kier molecular flexibility index (Phi) is 4.87. The van der Waals surface area contributed by atoms with Gasteiger partial charge in [-0.2, -0.15) is 0 Å². The van der Waals surface area contributed by atoms with Crippen LogP contribution in [-0.4, -0.2) is 52.2 Å². The van der Waals surface area contributed by atoms with Gasteiger partial charge in [0.05, 0.1) is 24.1 Å². The average molecular weight is 372 g/mol. The van der Waals surface area contributed by atoms with Gasteiger partial charge in [-0.3, -0.25) is 9.78 Å². The van der Waals surface area contributed by atoms with Gasteiger partial charge in [-0.05, 0) is 24.8 Å². The number of amides is 2. The van der Waals surface area contributed by atoms with Gasteiger partial charge in [0.1, 0.15) is 12.8 Å². The SMILES string of the molecule is O=C(CC1CCN2C(=O)OCC2C1)Nc1cnc(C2=CC(F)CC=C2)cn1. The molecule has 1 aromatic rings. The highest BCUT2D eigenvalue weighted by Crippen LogP contribution is 2.29. The fourth-order valence-electron chi connectivity index (χ4n) is 3.78. The highest BCUT2D eigenvalue weighted by molar-refractivity contribution is 5.89. The van der Waals surface area contributed by atoms with Crippen LogP contribution >= 0.6 is 0 Å². The summed E-state index contributed by atoms with van der Waals surface area (Å²) in [6, 6.07) is 0.0827. The van der Waals surface area contributed by atoms with Crippen molar-refractivity contribution in [2.45, 2.75) is 37.9 Å². The van der Waals surface area contributed by atoms with Crippen LogP contribution < -0.4 is 5.32 Å².